The minimum Gasteiger partial charge on any atom is -0.508 e. The van der Waals surface area contributed by atoms with Crippen LogP contribution in [0.15, 0.2) is 36.4 Å². The van der Waals surface area contributed by atoms with Gasteiger partial charge >= 0.3 is 5.97 Å². The van der Waals surface area contributed by atoms with E-state index in [1.807, 2.05) is 38.1 Å². The molecule has 0 aromatic heterocycles. The maximum Gasteiger partial charge on any atom is 0.325 e. The number of phenolic OH excluding ortho intramolecular Hbond substituents is 1. The number of nitrogens with zero attached hydrogens (tertiary/aromatic N) is 1. The lowest BCUT2D eigenvalue weighted by Gasteiger charge is -2.37. The summed E-state index contributed by atoms with van der Waals surface area (Å²) in [4.78, 5) is 39.0. The van der Waals surface area contributed by atoms with Crippen LogP contribution >= 0.6 is 0 Å². The summed E-state index contributed by atoms with van der Waals surface area (Å²) in [6, 6.07) is 7.98. The first-order chi connectivity index (χ1) is 15.1. The number of phenols is 1. The molecule has 1 heterocycles. The summed E-state index contributed by atoms with van der Waals surface area (Å²) in [5, 5.41) is 21.4. The van der Waals surface area contributed by atoms with Gasteiger partial charge < -0.3 is 26.2 Å². The van der Waals surface area contributed by atoms with Gasteiger partial charge in [-0.15, -0.1) is 0 Å². The number of aryl methyl sites for hydroxylation is 2. The zero-order chi connectivity index (χ0) is 23.6. The highest BCUT2D eigenvalue weighted by Gasteiger charge is 2.37. The summed E-state index contributed by atoms with van der Waals surface area (Å²) in [6.07, 6.45) is 0.541. The Hall–Kier alpha value is -3.39. The molecule has 0 radical (unpaired) electrons. The highest BCUT2D eigenvalue weighted by atomic mass is 16.4. The van der Waals surface area contributed by atoms with Gasteiger partial charge in [-0.05, 0) is 67.1 Å². The maximum absolute atomic E-state index is 13.4. The van der Waals surface area contributed by atoms with Crippen LogP contribution in [0.1, 0.15) is 34.7 Å². The third-order valence-corrected chi connectivity index (χ3v) is 5.99. The molecular formula is C24H29N3O5. The van der Waals surface area contributed by atoms with E-state index in [0.29, 0.717) is 0 Å². The van der Waals surface area contributed by atoms with Crippen LogP contribution in [0.5, 0.6) is 5.75 Å². The molecule has 3 rings (SSSR count). The van der Waals surface area contributed by atoms with E-state index in [0.717, 1.165) is 27.8 Å². The zero-order valence-electron chi connectivity index (χ0n) is 18.5. The maximum atomic E-state index is 13.4. The Morgan fingerprint density at radius 2 is 1.75 bits per heavy atom. The van der Waals surface area contributed by atoms with E-state index in [4.69, 9.17) is 10.8 Å². The highest BCUT2D eigenvalue weighted by molar-refractivity contribution is 5.92. The van der Waals surface area contributed by atoms with E-state index in [9.17, 15) is 19.5 Å². The van der Waals surface area contributed by atoms with E-state index < -0.39 is 30.0 Å². The predicted molar refractivity (Wildman–Crippen MR) is 119 cm³/mol. The van der Waals surface area contributed by atoms with Crippen LogP contribution in [-0.2, 0) is 33.8 Å². The van der Waals surface area contributed by atoms with Crippen molar-refractivity contribution in [3.05, 3.63) is 64.2 Å². The van der Waals surface area contributed by atoms with Crippen molar-refractivity contribution in [1.29, 1.82) is 0 Å². The lowest BCUT2D eigenvalue weighted by Crippen LogP contribution is -2.58. The fraction of sp³-hybridized carbons (Fsp3) is 0.375. The summed E-state index contributed by atoms with van der Waals surface area (Å²) in [5.41, 5.74) is 10.7. The van der Waals surface area contributed by atoms with Crippen LogP contribution in [-0.4, -0.2) is 51.0 Å². The molecule has 0 saturated carbocycles. The van der Waals surface area contributed by atoms with Crippen molar-refractivity contribution < 1.29 is 24.6 Å². The molecule has 0 fully saturated rings. The average molecular weight is 440 g/mol. The number of carboxylic acid groups (broad SMARTS) is 1. The van der Waals surface area contributed by atoms with Gasteiger partial charge in [0.05, 0.1) is 6.04 Å². The Balaban J connectivity index is 1.87. The third kappa shape index (κ3) is 4.91. The number of carbonyl (C=O) groups is 3. The number of benzene rings is 2. The van der Waals surface area contributed by atoms with Crippen LogP contribution < -0.4 is 11.1 Å². The van der Waals surface area contributed by atoms with Gasteiger partial charge in [-0.3, -0.25) is 14.4 Å². The molecule has 170 valence electrons. The molecule has 8 heteroatoms. The van der Waals surface area contributed by atoms with E-state index in [1.54, 1.807) is 12.1 Å². The average Bonchev–Trinajstić information content (AvgIpc) is 2.74. The minimum absolute atomic E-state index is 0.153. The monoisotopic (exact) mass is 439 g/mol. The van der Waals surface area contributed by atoms with Crippen LogP contribution in [0.4, 0.5) is 0 Å². The first-order valence-electron chi connectivity index (χ1n) is 10.5. The van der Waals surface area contributed by atoms with Gasteiger partial charge in [0.1, 0.15) is 17.8 Å². The second-order valence-corrected chi connectivity index (χ2v) is 8.39. The molecule has 1 aliphatic rings. The van der Waals surface area contributed by atoms with Crippen molar-refractivity contribution in [1.82, 2.24) is 10.2 Å². The van der Waals surface area contributed by atoms with Crippen molar-refractivity contribution >= 4 is 17.8 Å². The second kappa shape index (κ2) is 9.40. The SMILES string of the molecule is Cc1cc(O)cc(C)c1C[C@H](N)C(=O)N1Cc2ccccc2C[C@H]1C(=O)N[C@@H](C)C(=O)O. The molecule has 3 atom stereocenters. The van der Waals surface area contributed by atoms with E-state index >= 15 is 0 Å². The summed E-state index contributed by atoms with van der Waals surface area (Å²) in [6.45, 7) is 5.29. The van der Waals surface area contributed by atoms with Crippen LogP contribution in [0.3, 0.4) is 0 Å². The van der Waals surface area contributed by atoms with Crippen LogP contribution in [0.25, 0.3) is 0 Å². The van der Waals surface area contributed by atoms with E-state index in [-0.39, 0.29) is 31.0 Å². The van der Waals surface area contributed by atoms with Gasteiger partial charge in [-0.25, -0.2) is 0 Å². The van der Waals surface area contributed by atoms with E-state index in [1.165, 1.54) is 11.8 Å². The highest BCUT2D eigenvalue weighted by Crippen LogP contribution is 2.26. The number of nitrogens with one attached hydrogen (secondary N) is 1. The number of hydrogen-bond donors (Lipinski definition) is 4. The van der Waals surface area contributed by atoms with Gasteiger partial charge in [-0.2, -0.15) is 0 Å². The molecule has 0 spiro atoms. The summed E-state index contributed by atoms with van der Waals surface area (Å²) in [7, 11) is 0. The van der Waals surface area contributed by atoms with Crippen molar-refractivity contribution in [3.8, 4) is 5.75 Å². The molecule has 2 amide bonds. The molecule has 8 nitrogen and oxygen atoms in total. The van der Waals surface area contributed by atoms with Gasteiger partial charge in [0.25, 0.3) is 0 Å². The molecule has 0 saturated heterocycles. The van der Waals surface area contributed by atoms with Gasteiger partial charge in [0, 0.05) is 13.0 Å². The van der Waals surface area contributed by atoms with Gasteiger partial charge in [0.2, 0.25) is 11.8 Å². The number of nitrogens with two attached hydrogens (primary N) is 1. The lowest BCUT2D eigenvalue weighted by molar-refractivity contribution is -0.145. The van der Waals surface area contributed by atoms with Gasteiger partial charge in [-0.1, -0.05) is 24.3 Å². The van der Waals surface area contributed by atoms with Crippen molar-refractivity contribution in [2.24, 2.45) is 5.73 Å². The molecule has 0 bridgehead atoms. The second-order valence-electron chi connectivity index (χ2n) is 8.39. The Labute approximate surface area is 187 Å². The number of aromatic hydroxyl groups is 1. The molecule has 0 unspecified atom stereocenters. The van der Waals surface area contributed by atoms with E-state index in [2.05, 4.69) is 5.32 Å². The Morgan fingerprint density at radius 1 is 1.16 bits per heavy atom. The minimum atomic E-state index is -1.15. The number of carboxylic acids is 1. The van der Waals surface area contributed by atoms with Crippen molar-refractivity contribution in [2.45, 2.75) is 58.3 Å². The number of fused-ring (bicyclic) bond motifs is 1. The number of hydrogen-bond acceptors (Lipinski definition) is 5. The number of rotatable bonds is 6. The molecule has 0 aliphatic carbocycles. The summed E-state index contributed by atoms with van der Waals surface area (Å²) < 4.78 is 0. The number of aliphatic carboxylic acids is 1. The van der Waals surface area contributed by atoms with Crippen LogP contribution in [0, 0.1) is 13.8 Å². The quantitative estimate of drug-likeness (QED) is 0.538. The first-order valence-corrected chi connectivity index (χ1v) is 10.5. The fourth-order valence-corrected chi connectivity index (χ4v) is 4.17. The normalized spacial score (nSPS) is 17.2. The zero-order valence-corrected chi connectivity index (χ0v) is 18.5. The molecule has 5 N–H and O–H groups in total. The van der Waals surface area contributed by atoms with Crippen molar-refractivity contribution in [2.75, 3.05) is 0 Å². The standard InChI is InChI=1S/C24H29N3O5/c1-13-8-18(28)9-14(2)19(13)11-20(25)23(30)27-12-17-7-5-4-6-16(17)10-21(27)22(29)26-15(3)24(31)32/h4-9,15,20-21,28H,10-12,25H2,1-3H3,(H,26,29)(H,31,32)/t15-,20-,21-/m0/s1. The smallest absolute Gasteiger partial charge is 0.325 e. The lowest BCUT2D eigenvalue weighted by atomic mass is 9.91. The first kappa shape index (κ1) is 23.3. The Bertz CT molecular complexity index is 1030. The molecule has 32 heavy (non-hydrogen) atoms. The molecule has 2 aromatic carbocycles. The number of amides is 2. The predicted octanol–water partition coefficient (Wildman–Crippen LogP) is 1.42. The summed E-state index contributed by atoms with van der Waals surface area (Å²) >= 11 is 0. The molecule has 2 aromatic rings. The molecule has 1 aliphatic heterocycles. The summed E-state index contributed by atoms with van der Waals surface area (Å²) in [5.74, 6) is -1.90. The fourth-order valence-electron chi connectivity index (χ4n) is 4.17. The molecular weight excluding hydrogens is 410 g/mol. The Morgan fingerprint density at radius 3 is 2.34 bits per heavy atom. The largest absolute Gasteiger partial charge is 0.508 e. The topological polar surface area (TPSA) is 133 Å². The van der Waals surface area contributed by atoms with Crippen LogP contribution in [0.2, 0.25) is 0 Å². The third-order valence-electron chi connectivity index (χ3n) is 5.99. The van der Waals surface area contributed by atoms with Crippen molar-refractivity contribution in [3.63, 3.8) is 0 Å². The number of carbonyl (C=O) groups excluding carboxylic acids is 2. The Kier molecular flexibility index (Phi) is 6.84. The van der Waals surface area contributed by atoms with Gasteiger partial charge in [0.15, 0.2) is 0 Å².